The van der Waals surface area contributed by atoms with E-state index < -0.39 is 0 Å². The zero-order valence-electron chi connectivity index (χ0n) is 30.1. The van der Waals surface area contributed by atoms with Gasteiger partial charge >= 0.3 is 0 Å². The van der Waals surface area contributed by atoms with Gasteiger partial charge in [0.15, 0.2) is 11.6 Å². The zero-order chi connectivity index (χ0) is 37.2. The van der Waals surface area contributed by atoms with Crippen LogP contribution < -0.4 is 0 Å². The van der Waals surface area contributed by atoms with Crippen LogP contribution in [0.15, 0.2) is 163 Å². The van der Waals surface area contributed by atoms with E-state index in [1.165, 1.54) is 46.8 Å². The molecule has 0 saturated heterocycles. The highest BCUT2D eigenvalue weighted by atomic mass is 32.1. The summed E-state index contributed by atoms with van der Waals surface area (Å²) in [7, 11) is 0. The van der Waals surface area contributed by atoms with Crippen LogP contribution in [0.1, 0.15) is 16.3 Å². The van der Waals surface area contributed by atoms with Crippen LogP contribution in [-0.4, -0.2) is 15.0 Å². The molecule has 7 aromatic carbocycles. The van der Waals surface area contributed by atoms with Crippen molar-refractivity contribution in [2.24, 2.45) is 0 Å². The first kappa shape index (κ1) is 32.7. The molecule has 0 radical (unpaired) electrons. The summed E-state index contributed by atoms with van der Waals surface area (Å²) in [5, 5.41) is 8.11. The predicted octanol–water partition coefficient (Wildman–Crippen LogP) is 14.4. The van der Waals surface area contributed by atoms with Gasteiger partial charge in [-0.1, -0.05) is 128 Å². The molecular weight excluding hydrogens is 723 g/mol. The second-order valence-electron chi connectivity index (χ2n) is 13.9. The van der Waals surface area contributed by atoms with Crippen molar-refractivity contribution in [2.45, 2.75) is 6.42 Å². The molecule has 6 heteroatoms. The van der Waals surface area contributed by atoms with Crippen LogP contribution in [0.5, 0.6) is 0 Å². The summed E-state index contributed by atoms with van der Waals surface area (Å²) in [6, 6.07) is 51.2. The van der Waals surface area contributed by atoms with Crippen molar-refractivity contribution in [1.82, 2.24) is 15.0 Å². The number of hydrogen-bond donors (Lipinski definition) is 0. The molecule has 264 valence electrons. The molecule has 4 heterocycles. The third-order valence-electron chi connectivity index (χ3n) is 10.6. The number of aromatic nitrogens is 3. The van der Waals surface area contributed by atoms with E-state index in [1.807, 2.05) is 29.5 Å². The van der Waals surface area contributed by atoms with Gasteiger partial charge in [0.2, 0.25) is 0 Å². The molecule has 0 aliphatic heterocycles. The van der Waals surface area contributed by atoms with E-state index in [0.29, 0.717) is 23.9 Å². The molecule has 0 amide bonds. The average molecular weight is 754 g/mol. The minimum Gasteiger partial charge on any atom is -0.456 e. The summed E-state index contributed by atoms with van der Waals surface area (Å²) >= 11 is 3.59. The summed E-state index contributed by atoms with van der Waals surface area (Å²) in [6.07, 6.45) is 6.80. The van der Waals surface area contributed by atoms with Crippen LogP contribution in [0.25, 0.3) is 109 Å². The standard InChI is InChI=1S/C50H31N3OS2/c1-2-42-35(36-14-5-7-20-43(36)55-42)17-11-23-46-51-49(33-25-24-30-12-3-4-13-31(30)28-33)53-50(52-46)39-18-9-19-40-47(39)37-27-26-32(29-41(37)54-40)34-16-10-22-45-48(34)38-15-6-8-21-44(38)56-45/h2-22,24-29H,1,23H2/b17-11-. The third-order valence-corrected chi connectivity index (χ3v) is 12.9. The van der Waals surface area contributed by atoms with Gasteiger partial charge in [0.25, 0.3) is 0 Å². The van der Waals surface area contributed by atoms with E-state index in [1.54, 1.807) is 11.3 Å². The van der Waals surface area contributed by atoms with E-state index in [2.05, 4.69) is 152 Å². The summed E-state index contributed by atoms with van der Waals surface area (Å²) in [6.45, 7) is 4.08. The van der Waals surface area contributed by atoms with Crippen molar-refractivity contribution in [3.05, 3.63) is 175 Å². The number of benzene rings is 7. The van der Waals surface area contributed by atoms with Crippen molar-refractivity contribution >= 4 is 97.8 Å². The number of nitrogens with zero attached hydrogens (tertiary/aromatic N) is 3. The second kappa shape index (κ2) is 13.2. The van der Waals surface area contributed by atoms with Crippen molar-refractivity contribution in [2.75, 3.05) is 0 Å². The maximum atomic E-state index is 6.63. The fourth-order valence-corrected chi connectivity index (χ4v) is 10.1. The van der Waals surface area contributed by atoms with E-state index in [0.717, 1.165) is 48.9 Å². The van der Waals surface area contributed by atoms with Crippen molar-refractivity contribution in [3.8, 4) is 33.9 Å². The first-order valence-corrected chi connectivity index (χ1v) is 20.2. The quantitative estimate of drug-likeness (QED) is 0.163. The summed E-state index contributed by atoms with van der Waals surface area (Å²) in [5.74, 6) is 1.95. The van der Waals surface area contributed by atoms with E-state index in [-0.39, 0.29) is 0 Å². The second-order valence-corrected chi connectivity index (χ2v) is 16.1. The highest BCUT2D eigenvalue weighted by Gasteiger charge is 2.19. The highest BCUT2D eigenvalue weighted by Crippen LogP contribution is 2.42. The minimum atomic E-state index is 0.533. The van der Waals surface area contributed by atoms with Gasteiger partial charge in [-0.25, -0.2) is 15.0 Å². The molecule has 56 heavy (non-hydrogen) atoms. The van der Waals surface area contributed by atoms with Gasteiger partial charge in [-0.3, -0.25) is 0 Å². The monoisotopic (exact) mass is 753 g/mol. The maximum Gasteiger partial charge on any atom is 0.164 e. The van der Waals surface area contributed by atoms with Crippen LogP contribution in [-0.2, 0) is 6.42 Å². The normalized spacial score (nSPS) is 12.0. The maximum absolute atomic E-state index is 6.63. The van der Waals surface area contributed by atoms with Gasteiger partial charge < -0.3 is 4.42 Å². The molecule has 0 aliphatic rings. The number of hydrogen-bond acceptors (Lipinski definition) is 6. The van der Waals surface area contributed by atoms with Gasteiger partial charge in [0.05, 0.1) is 0 Å². The number of allylic oxidation sites excluding steroid dienone is 1. The predicted molar refractivity (Wildman–Crippen MR) is 238 cm³/mol. The van der Waals surface area contributed by atoms with Gasteiger partial charge in [-0.05, 0) is 69.9 Å². The lowest BCUT2D eigenvalue weighted by Gasteiger charge is -2.09. The fourth-order valence-electron chi connectivity index (χ4n) is 7.97. The summed E-state index contributed by atoms with van der Waals surface area (Å²) in [5.41, 5.74) is 6.97. The Balaban J connectivity index is 1.05. The Morgan fingerprint density at radius 2 is 1.27 bits per heavy atom. The molecule has 0 atom stereocenters. The molecule has 0 unspecified atom stereocenters. The largest absolute Gasteiger partial charge is 0.456 e. The van der Waals surface area contributed by atoms with Gasteiger partial charge in [-0.15, -0.1) is 22.7 Å². The number of rotatable bonds is 7. The number of furan rings is 1. The van der Waals surface area contributed by atoms with Gasteiger partial charge in [-0.2, -0.15) is 0 Å². The highest BCUT2D eigenvalue weighted by molar-refractivity contribution is 7.26. The lowest BCUT2D eigenvalue weighted by atomic mass is 9.98. The Morgan fingerprint density at radius 1 is 0.536 bits per heavy atom. The smallest absolute Gasteiger partial charge is 0.164 e. The molecule has 0 fully saturated rings. The van der Waals surface area contributed by atoms with Crippen molar-refractivity contribution < 1.29 is 4.42 Å². The molecule has 11 rings (SSSR count). The van der Waals surface area contributed by atoms with Crippen LogP contribution in [0.4, 0.5) is 0 Å². The lowest BCUT2D eigenvalue weighted by molar-refractivity contribution is 0.669. The van der Waals surface area contributed by atoms with Crippen LogP contribution in [0, 0.1) is 0 Å². The number of fused-ring (bicyclic) bond motifs is 8. The first-order valence-electron chi connectivity index (χ1n) is 18.6. The third kappa shape index (κ3) is 5.45. The van der Waals surface area contributed by atoms with E-state index in [4.69, 9.17) is 19.4 Å². The molecule has 0 aliphatic carbocycles. The molecule has 0 N–H and O–H groups in total. The lowest BCUT2D eigenvalue weighted by Crippen LogP contribution is -2.02. The Hall–Kier alpha value is -6.73. The van der Waals surface area contributed by atoms with Crippen LogP contribution in [0.2, 0.25) is 0 Å². The summed E-state index contributed by atoms with van der Waals surface area (Å²) in [4.78, 5) is 16.5. The Kier molecular flexibility index (Phi) is 7.72. The molecule has 0 spiro atoms. The van der Waals surface area contributed by atoms with Crippen LogP contribution >= 0.6 is 22.7 Å². The Morgan fingerprint density at radius 3 is 2.16 bits per heavy atom. The van der Waals surface area contributed by atoms with E-state index in [9.17, 15) is 0 Å². The van der Waals surface area contributed by atoms with Crippen molar-refractivity contribution in [3.63, 3.8) is 0 Å². The molecule has 0 saturated carbocycles. The molecule has 11 aromatic rings. The Bertz CT molecular complexity index is 3380. The van der Waals surface area contributed by atoms with Crippen LogP contribution in [0.3, 0.4) is 0 Å². The topological polar surface area (TPSA) is 51.8 Å². The molecule has 0 bridgehead atoms. The molecule has 4 aromatic heterocycles. The molecular formula is C50H31N3OS2. The first-order chi connectivity index (χ1) is 27.7. The van der Waals surface area contributed by atoms with Gasteiger partial charge in [0, 0.05) is 63.5 Å². The van der Waals surface area contributed by atoms with Crippen molar-refractivity contribution in [1.29, 1.82) is 0 Å². The molecule has 4 nitrogen and oxygen atoms in total. The zero-order valence-corrected chi connectivity index (χ0v) is 31.7. The minimum absolute atomic E-state index is 0.533. The fraction of sp³-hybridized carbons (Fsp3) is 0.0200. The number of thiophene rings is 2. The SMILES string of the molecule is C=Cc1sc2ccccc2c1/C=C\Cc1nc(-c2ccc3ccccc3c2)nc(-c2cccc3oc4cc(-c5cccc6sc7ccccc7c56)ccc4c23)n1. The van der Waals surface area contributed by atoms with E-state index >= 15 is 0 Å². The average Bonchev–Trinajstić information content (AvgIpc) is 3.94. The summed E-state index contributed by atoms with van der Waals surface area (Å²) < 4.78 is 10.4. The van der Waals surface area contributed by atoms with Gasteiger partial charge in [0.1, 0.15) is 17.0 Å². The Labute approximate surface area is 330 Å².